The number of ether oxygens (including phenoxy) is 2. The number of para-hydroxylation sites is 1. The molecule has 1 aliphatic heterocycles. The molecule has 0 saturated carbocycles. The topological polar surface area (TPSA) is 129 Å². The van der Waals surface area contributed by atoms with Gasteiger partial charge in [0.05, 0.1) is 24.8 Å². The number of hydrogen-bond donors (Lipinski definition) is 2. The Hall–Kier alpha value is -2.37. The number of aromatic nitrogens is 2. The molecule has 10 nitrogen and oxygen atoms in total. The maximum atomic E-state index is 15.0. The Bertz CT molecular complexity index is 1220. The maximum absolute atomic E-state index is 15.0. The van der Waals surface area contributed by atoms with E-state index < -0.39 is 56.3 Å². The second kappa shape index (κ2) is 11.8. The van der Waals surface area contributed by atoms with Gasteiger partial charge < -0.3 is 19.1 Å². The predicted octanol–water partition coefficient (Wildman–Crippen LogP) is 3.69. The summed E-state index contributed by atoms with van der Waals surface area (Å²) in [5.41, 5.74) is -0.147. The van der Waals surface area contributed by atoms with Gasteiger partial charge in [-0.05, 0) is 45.1 Å². The first-order valence-corrected chi connectivity index (χ1v) is 13.5. The van der Waals surface area contributed by atoms with E-state index in [1.54, 1.807) is 44.2 Å². The highest BCUT2D eigenvalue weighted by Gasteiger charge is 2.46. The van der Waals surface area contributed by atoms with Crippen molar-refractivity contribution in [2.75, 3.05) is 12.8 Å². The van der Waals surface area contributed by atoms with Crippen molar-refractivity contribution in [3.05, 3.63) is 57.2 Å². The zero-order chi connectivity index (χ0) is 26.6. The van der Waals surface area contributed by atoms with Crippen molar-refractivity contribution in [1.29, 1.82) is 0 Å². The fraction of sp³-hybridized carbons (Fsp3) is 0.522. The fourth-order valence-electron chi connectivity index (χ4n) is 3.54. The summed E-state index contributed by atoms with van der Waals surface area (Å²) in [5.74, 6) is -1.16. The van der Waals surface area contributed by atoms with Gasteiger partial charge in [-0.3, -0.25) is 23.7 Å². The van der Waals surface area contributed by atoms with Gasteiger partial charge in [0.1, 0.15) is 18.0 Å². The number of carbonyl (C=O) groups excluding carboxylic acids is 1. The molecule has 13 heteroatoms. The average molecular weight is 545 g/mol. The standard InChI is InChI=1S/C23H30FN2O8PS/c1-13(2)32-22(29)15(4)12-35(30,34-16-8-6-5-7-9-16)31-11-17-19(27)18(24)21(33-17)26-10-14(3)20(28)25-23(26)36/h5-10,13,15,17-19,21,27H,11-12H2,1-4H3,(H,25,28,36)/t15-,17?,18-,19-,21+,35-/m1/s1. The van der Waals surface area contributed by atoms with E-state index in [0.717, 1.165) is 0 Å². The summed E-state index contributed by atoms with van der Waals surface area (Å²) < 4.78 is 51.9. The molecule has 0 bridgehead atoms. The van der Waals surface area contributed by atoms with Crippen molar-refractivity contribution in [1.82, 2.24) is 9.55 Å². The smallest absolute Gasteiger partial charge is 0.380 e. The molecule has 1 saturated heterocycles. The van der Waals surface area contributed by atoms with Crippen LogP contribution in [-0.2, 0) is 23.4 Å². The van der Waals surface area contributed by atoms with Gasteiger partial charge in [-0.25, -0.2) is 8.96 Å². The van der Waals surface area contributed by atoms with Crippen molar-refractivity contribution in [2.45, 2.75) is 58.4 Å². The highest BCUT2D eigenvalue weighted by atomic mass is 32.1. The molecule has 1 fully saturated rings. The average Bonchev–Trinajstić information content (AvgIpc) is 3.08. The van der Waals surface area contributed by atoms with Crippen LogP contribution in [0.25, 0.3) is 0 Å². The second-order valence-electron chi connectivity index (χ2n) is 8.86. The zero-order valence-corrected chi connectivity index (χ0v) is 22.0. The molecule has 6 atom stereocenters. The van der Waals surface area contributed by atoms with E-state index in [9.17, 15) is 23.7 Å². The van der Waals surface area contributed by atoms with Crippen LogP contribution < -0.4 is 10.1 Å². The molecule has 0 aliphatic carbocycles. The van der Waals surface area contributed by atoms with Gasteiger partial charge in [0.15, 0.2) is 17.2 Å². The summed E-state index contributed by atoms with van der Waals surface area (Å²) in [6, 6.07) is 8.24. The maximum Gasteiger partial charge on any atom is 0.380 e. The number of carbonyl (C=O) groups is 1. The molecule has 2 N–H and O–H groups in total. The van der Waals surface area contributed by atoms with E-state index in [1.165, 1.54) is 24.6 Å². The van der Waals surface area contributed by atoms with Crippen LogP contribution in [0.1, 0.15) is 32.6 Å². The van der Waals surface area contributed by atoms with Crippen LogP contribution in [0.15, 0.2) is 41.3 Å². The Balaban J connectivity index is 1.77. The second-order valence-corrected chi connectivity index (χ2v) is 11.3. The van der Waals surface area contributed by atoms with Crippen LogP contribution in [0.3, 0.4) is 0 Å². The van der Waals surface area contributed by atoms with Gasteiger partial charge in [-0.15, -0.1) is 0 Å². The van der Waals surface area contributed by atoms with Crippen LogP contribution in [0.5, 0.6) is 5.75 Å². The van der Waals surface area contributed by atoms with Crippen LogP contribution in [0.4, 0.5) is 4.39 Å². The Labute approximate surface area is 212 Å². The molecular formula is C23H30FN2O8PS. The first-order chi connectivity index (χ1) is 16.9. The number of aliphatic hydroxyl groups excluding tert-OH is 1. The third-order valence-corrected chi connectivity index (χ3v) is 7.73. The number of nitrogens with zero attached hydrogens (tertiary/aromatic N) is 1. The van der Waals surface area contributed by atoms with Gasteiger partial charge in [-0.1, -0.05) is 25.1 Å². The lowest BCUT2D eigenvalue weighted by Crippen LogP contribution is -2.32. The lowest BCUT2D eigenvalue weighted by molar-refractivity contribution is -0.151. The van der Waals surface area contributed by atoms with Crippen LogP contribution in [-0.4, -0.2) is 57.9 Å². The summed E-state index contributed by atoms with van der Waals surface area (Å²) >= 11 is 5.10. The molecule has 3 rings (SSSR count). The number of aryl methyl sites for hydroxylation is 1. The number of benzene rings is 1. The number of aromatic amines is 1. The normalized spacial score (nSPS) is 24.3. The van der Waals surface area contributed by atoms with Crippen molar-refractivity contribution >= 4 is 25.8 Å². The van der Waals surface area contributed by atoms with Crippen molar-refractivity contribution < 1.29 is 37.4 Å². The molecule has 2 heterocycles. The summed E-state index contributed by atoms with van der Waals surface area (Å²) in [7, 11) is -4.00. The van der Waals surface area contributed by atoms with Gasteiger partial charge >= 0.3 is 13.6 Å². The SMILES string of the molecule is Cc1cn([C@H]2OC(CO[P@](=O)(C[C@@H](C)C(=O)OC(C)C)Oc3ccccc3)[C@@H](O)[C@H]2F)c(=S)[nH]c1=O. The molecule has 2 aromatic rings. The van der Waals surface area contributed by atoms with E-state index in [1.807, 2.05) is 0 Å². The molecule has 1 aromatic heterocycles. The summed E-state index contributed by atoms with van der Waals surface area (Å²) in [4.78, 5) is 26.5. The minimum Gasteiger partial charge on any atom is -0.463 e. The number of esters is 1. The van der Waals surface area contributed by atoms with Gasteiger partial charge in [0.2, 0.25) is 0 Å². The van der Waals surface area contributed by atoms with Gasteiger partial charge in [-0.2, -0.15) is 0 Å². The Morgan fingerprint density at radius 2 is 1.97 bits per heavy atom. The molecule has 36 heavy (non-hydrogen) atoms. The van der Waals surface area contributed by atoms with Crippen molar-refractivity contribution in [3.63, 3.8) is 0 Å². The lowest BCUT2D eigenvalue weighted by Gasteiger charge is -2.24. The number of halogens is 1. The number of rotatable bonds is 10. The Morgan fingerprint density at radius 1 is 1.31 bits per heavy atom. The van der Waals surface area contributed by atoms with E-state index in [2.05, 4.69) is 4.98 Å². The largest absolute Gasteiger partial charge is 0.463 e. The Kier molecular flexibility index (Phi) is 9.23. The van der Waals surface area contributed by atoms with Crippen molar-refractivity contribution in [2.24, 2.45) is 5.92 Å². The molecule has 0 radical (unpaired) electrons. The first kappa shape index (κ1) is 28.2. The number of nitrogens with one attached hydrogen (secondary N) is 1. The van der Waals surface area contributed by atoms with Crippen LogP contribution in [0, 0.1) is 17.6 Å². The summed E-state index contributed by atoms with van der Waals surface area (Å²) in [6.07, 6.45) is -5.47. The third-order valence-electron chi connectivity index (χ3n) is 5.39. The highest BCUT2D eigenvalue weighted by molar-refractivity contribution is 7.71. The minimum atomic E-state index is -4.00. The summed E-state index contributed by atoms with van der Waals surface area (Å²) in [5, 5.41) is 10.5. The van der Waals surface area contributed by atoms with Gasteiger partial charge in [0.25, 0.3) is 5.56 Å². The number of H-pyrrole nitrogens is 1. The molecule has 0 spiro atoms. The molecular weight excluding hydrogens is 514 g/mol. The van der Waals surface area contributed by atoms with E-state index in [-0.39, 0.29) is 28.3 Å². The number of alkyl halides is 1. The molecule has 1 aliphatic rings. The molecule has 198 valence electrons. The van der Waals surface area contributed by atoms with Gasteiger partial charge in [0, 0.05) is 11.8 Å². The van der Waals surface area contributed by atoms with E-state index in [4.69, 9.17) is 30.7 Å². The minimum absolute atomic E-state index is 0.0809. The van der Waals surface area contributed by atoms with E-state index >= 15 is 0 Å². The molecule has 1 unspecified atom stereocenters. The van der Waals surface area contributed by atoms with Crippen LogP contribution in [0.2, 0.25) is 0 Å². The molecule has 0 amide bonds. The number of aliphatic hydroxyl groups is 1. The monoisotopic (exact) mass is 544 g/mol. The highest BCUT2D eigenvalue weighted by Crippen LogP contribution is 2.50. The molecule has 1 aromatic carbocycles. The fourth-order valence-corrected chi connectivity index (χ4v) is 5.66. The first-order valence-electron chi connectivity index (χ1n) is 11.4. The zero-order valence-electron chi connectivity index (χ0n) is 20.3. The van der Waals surface area contributed by atoms with E-state index in [0.29, 0.717) is 0 Å². The summed E-state index contributed by atoms with van der Waals surface area (Å²) in [6.45, 7) is 5.94. The van der Waals surface area contributed by atoms with Crippen LogP contribution >= 0.6 is 19.8 Å². The predicted molar refractivity (Wildman–Crippen MR) is 131 cm³/mol. The number of hydrogen-bond acceptors (Lipinski definition) is 9. The third kappa shape index (κ3) is 6.89. The Morgan fingerprint density at radius 3 is 2.61 bits per heavy atom. The van der Waals surface area contributed by atoms with Crippen molar-refractivity contribution in [3.8, 4) is 5.75 Å². The lowest BCUT2D eigenvalue weighted by atomic mass is 10.1. The quantitative estimate of drug-likeness (QED) is 0.261.